The summed E-state index contributed by atoms with van der Waals surface area (Å²) in [5.41, 5.74) is 1.52. The maximum atomic E-state index is 6.03. The Hall–Kier alpha value is -2.56. The van der Waals surface area contributed by atoms with Crippen molar-refractivity contribution in [2.45, 2.75) is 0 Å². The van der Waals surface area contributed by atoms with Crippen molar-refractivity contribution in [3.63, 3.8) is 0 Å². The molecule has 25 heavy (non-hydrogen) atoms. The van der Waals surface area contributed by atoms with Gasteiger partial charge in [0.1, 0.15) is 5.75 Å². The highest BCUT2D eigenvalue weighted by molar-refractivity contribution is 6.35. The van der Waals surface area contributed by atoms with Crippen LogP contribution in [0.1, 0.15) is 0 Å². The van der Waals surface area contributed by atoms with Crippen molar-refractivity contribution < 1.29 is 9.15 Å². The van der Waals surface area contributed by atoms with Crippen LogP contribution in [0.5, 0.6) is 5.75 Å². The number of hydrogen-bond donors (Lipinski definition) is 0. The molecule has 0 aliphatic rings. The minimum atomic E-state index is 0.370. The number of rotatable bonds is 3. The van der Waals surface area contributed by atoms with Crippen LogP contribution in [0.15, 0.2) is 59.0 Å². The van der Waals surface area contributed by atoms with Crippen LogP contribution >= 0.6 is 23.2 Å². The second-order valence-corrected chi connectivity index (χ2v) is 6.37. The summed E-state index contributed by atoms with van der Waals surface area (Å²) in [4.78, 5) is 0. The smallest absolute Gasteiger partial charge is 0.248 e. The van der Waals surface area contributed by atoms with E-state index in [1.807, 2.05) is 36.4 Å². The molecule has 0 unspecified atom stereocenters. The molecule has 1 aromatic heterocycles. The molecule has 0 fully saturated rings. The van der Waals surface area contributed by atoms with Gasteiger partial charge in [0.15, 0.2) is 0 Å². The van der Waals surface area contributed by atoms with E-state index < -0.39 is 0 Å². The van der Waals surface area contributed by atoms with Gasteiger partial charge in [-0.05, 0) is 53.2 Å². The number of fused-ring (bicyclic) bond motifs is 1. The molecule has 4 nitrogen and oxygen atoms in total. The number of methoxy groups -OCH3 is 1. The Morgan fingerprint density at radius 1 is 0.760 bits per heavy atom. The van der Waals surface area contributed by atoms with E-state index in [-0.39, 0.29) is 0 Å². The Balaban J connectivity index is 1.73. The number of halogens is 2. The summed E-state index contributed by atoms with van der Waals surface area (Å²) in [5, 5.41) is 11.4. The zero-order valence-corrected chi connectivity index (χ0v) is 14.7. The van der Waals surface area contributed by atoms with E-state index in [2.05, 4.69) is 10.2 Å². The lowest BCUT2D eigenvalue weighted by atomic mass is 10.1. The fraction of sp³-hybridized carbons (Fsp3) is 0.0526. The van der Waals surface area contributed by atoms with Gasteiger partial charge in [0.2, 0.25) is 11.8 Å². The predicted molar refractivity (Wildman–Crippen MR) is 99.2 cm³/mol. The average Bonchev–Trinajstić information content (AvgIpc) is 3.10. The van der Waals surface area contributed by atoms with Gasteiger partial charge in [-0.2, -0.15) is 0 Å². The lowest BCUT2D eigenvalue weighted by molar-refractivity contribution is 0.415. The van der Waals surface area contributed by atoms with Crippen molar-refractivity contribution >= 4 is 34.0 Å². The van der Waals surface area contributed by atoms with Crippen LogP contribution in [0.3, 0.4) is 0 Å². The first-order valence-electron chi connectivity index (χ1n) is 7.50. The highest BCUT2D eigenvalue weighted by atomic mass is 35.5. The summed E-state index contributed by atoms with van der Waals surface area (Å²) in [5.74, 6) is 1.62. The molecule has 4 rings (SSSR count). The first-order chi connectivity index (χ1) is 12.1. The summed E-state index contributed by atoms with van der Waals surface area (Å²) in [6, 6.07) is 16.9. The molecule has 0 N–H and O–H groups in total. The molecule has 6 heteroatoms. The van der Waals surface area contributed by atoms with Crippen LogP contribution in [0.25, 0.3) is 33.7 Å². The molecule has 0 spiro atoms. The average molecular weight is 371 g/mol. The highest BCUT2D eigenvalue weighted by Crippen LogP contribution is 2.30. The molecule has 0 aliphatic carbocycles. The Labute approximate surface area is 154 Å². The monoisotopic (exact) mass is 370 g/mol. The van der Waals surface area contributed by atoms with Crippen LogP contribution in [0, 0.1) is 0 Å². The van der Waals surface area contributed by atoms with Crippen molar-refractivity contribution in [1.29, 1.82) is 0 Å². The highest BCUT2D eigenvalue weighted by Gasteiger charge is 2.12. The molecule has 3 aromatic carbocycles. The molecule has 1 heterocycles. The zero-order valence-electron chi connectivity index (χ0n) is 13.2. The fourth-order valence-electron chi connectivity index (χ4n) is 2.62. The van der Waals surface area contributed by atoms with Crippen LogP contribution < -0.4 is 4.74 Å². The third-order valence-electron chi connectivity index (χ3n) is 3.83. The summed E-state index contributed by atoms with van der Waals surface area (Å²) in [7, 11) is 1.65. The number of hydrogen-bond acceptors (Lipinski definition) is 4. The van der Waals surface area contributed by atoms with Gasteiger partial charge in [0, 0.05) is 21.2 Å². The number of benzene rings is 3. The second kappa shape index (κ2) is 6.39. The largest absolute Gasteiger partial charge is 0.497 e. The van der Waals surface area contributed by atoms with Gasteiger partial charge in [0.25, 0.3) is 0 Å². The van der Waals surface area contributed by atoms with Crippen molar-refractivity contribution in [3.8, 4) is 28.7 Å². The van der Waals surface area contributed by atoms with E-state index in [0.29, 0.717) is 27.4 Å². The van der Waals surface area contributed by atoms with Crippen molar-refractivity contribution in [2.24, 2.45) is 0 Å². The first-order valence-corrected chi connectivity index (χ1v) is 8.26. The molecule has 4 aromatic rings. The minimum Gasteiger partial charge on any atom is -0.497 e. The summed E-state index contributed by atoms with van der Waals surface area (Å²) in [6.45, 7) is 0. The summed E-state index contributed by atoms with van der Waals surface area (Å²) in [6.07, 6.45) is 0. The molecule has 0 atom stereocenters. The lowest BCUT2D eigenvalue weighted by Gasteiger charge is -2.03. The van der Waals surface area contributed by atoms with E-state index in [9.17, 15) is 0 Å². The predicted octanol–water partition coefficient (Wildman–Crippen LogP) is 5.87. The number of ether oxygens (including phenoxy) is 1. The number of nitrogens with zero attached hydrogens (tertiary/aromatic N) is 2. The molecule has 0 bridgehead atoms. The van der Waals surface area contributed by atoms with Crippen LogP contribution in [-0.2, 0) is 0 Å². The van der Waals surface area contributed by atoms with Gasteiger partial charge < -0.3 is 9.15 Å². The topological polar surface area (TPSA) is 48.2 Å². The molecule has 0 amide bonds. The quantitative estimate of drug-likeness (QED) is 0.452. The van der Waals surface area contributed by atoms with Crippen molar-refractivity contribution in [3.05, 3.63) is 64.6 Å². The van der Waals surface area contributed by atoms with Crippen LogP contribution in [-0.4, -0.2) is 17.3 Å². The molecular weight excluding hydrogens is 359 g/mol. The Bertz CT molecular complexity index is 1060. The standard InChI is InChI=1S/C19H12Cl2N2O2/c1-24-17-5-4-11-6-13(3-2-12(11)9-17)18-22-23-19(25-18)14-7-15(20)10-16(21)8-14/h2-10H,1H3. The lowest BCUT2D eigenvalue weighted by Crippen LogP contribution is -1.83. The van der Waals surface area contributed by atoms with E-state index in [0.717, 1.165) is 22.1 Å². The van der Waals surface area contributed by atoms with E-state index in [1.165, 1.54) is 0 Å². The second-order valence-electron chi connectivity index (χ2n) is 5.50. The molecule has 0 radical (unpaired) electrons. The van der Waals surface area contributed by atoms with Gasteiger partial charge >= 0.3 is 0 Å². The summed E-state index contributed by atoms with van der Waals surface area (Å²) >= 11 is 12.1. The molecule has 124 valence electrons. The van der Waals surface area contributed by atoms with Gasteiger partial charge in [-0.25, -0.2) is 0 Å². The van der Waals surface area contributed by atoms with Crippen molar-refractivity contribution in [1.82, 2.24) is 10.2 Å². The van der Waals surface area contributed by atoms with Gasteiger partial charge in [0.05, 0.1) is 7.11 Å². The van der Waals surface area contributed by atoms with E-state index in [4.69, 9.17) is 32.4 Å². The van der Waals surface area contributed by atoms with Crippen LogP contribution in [0.4, 0.5) is 0 Å². The molecular formula is C19H12Cl2N2O2. The van der Waals surface area contributed by atoms with E-state index >= 15 is 0 Å². The van der Waals surface area contributed by atoms with Gasteiger partial charge in [-0.1, -0.05) is 35.3 Å². The third-order valence-corrected chi connectivity index (χ3v) is 4.27. The SMILES string of the molecule is COc1ccc2cc(-c3nnc(-c4cc(Cl)cc(Cl)c4)o3)ccc2c1. The molecule has 0 saturated heterocycles. The molecule has 0 aliphatic heterocycles. The zero-order chi connectivity index (χ0) is 17.4. The van der Waals surface area contributed by atoms with E-state index in [1.54, 1.807) is 25.3 Å². The first kappa shape index (κ1) is 15.9. The molecule has 0 saturated carbocycles. The van der Waals surface area contributed by atoms with Crippen molar-refractivity contribution in [2.75, 3.05) is 7.11 Å². The van der Waals surface area contributed by atoms with Gasteiger partial charge in [-0.3, -0.25) is 0 Å². The normalized spacial score (nSPS) is 11.0. The fourth-order valence-corrected chi connectivity index (χ4v) is 3.14. The third kappa shape index (κ3) is 3.18. The Kier molecular flexibility index (Phi) is 4.07. The van der Waals surface area contributed by atoms with Crippen LogP contribution in [0.2, 0.25) is 10.0 Å². The maximum absolute atomic E-state index is 6.03. The Morgan fingerprint density at radius 3 is 2.12 bits per heavy atom. The minimum absolute atomic E-state index is 0.370. The maximum Gasteiger partial charge on any atom is 0.248 e. The number of aromatic nitrogens is 2. The summed E-state index contributed by atoms with van der Waals surface area (Å²) < 4.78 is 11.0. The van der Waals surface area contributed by atoms with Gasteiger partial charge in [-0.15, -0.1) is 10.2 Å². The Morgan fingerprint density at radius 2 is 1.40 bits per heavy atom.